The van der Waals surface area contributed by atoms with Gasteiger partial charge in [-0.3, -0.25) is 4.79 Å². The first-order valence-corrected chi connectivity index (χ1v) is 7.91. The Labute approximate surface area is 136 Å². The molecule has 1 spiro atoms. The highest BCUT2D eigenvalue weighted by Gasteiger charge is 2.47. The maximum Gasteiger partial charge on any atom is 0.249 e. The lowest BCUT2D eigenvalue weighted by Crippen LogP contribution is -2.50. The number of rotatable bonds is 2. The Hall–Kier alpha value is -2.55. The Balaban J connectivity index is 1.67. The van der Waals surface area contributed by atoms with E-state index in [1.165, 1.54) is 5.56 Å². The maximum absolute atomic E-state index is 12.6. The van der Waals surface area contributed by atoms with E-state index in [0.29, 0.717) is 31.7 Å². The van der Waals surface area contributed by atoms with Crippen LogP contribution >= 0.6 is 0 Å². The minimum atomic E-state index is -0.156. The molecule has 2 heterocycles. The third-order valence-electron chi connectivity index (χ3n) is 4.81. The summed E-state index contributed by atoms with van der Waals surface area (Å²) in [4.78, 5) is 14.5. The summed E-state index contributed by atoms with van der Waals surface area (Å²) in [5, 5.41) is 0. The summed E-state index contributed by atoms with van der Waals surface area (Å²) in [7, 11) is 0. The molecule has 0 radical (unpaired) electrons. The zero-order valence-corrected chi connectivity index (χ0v) is 13.0. The number of para-hydroxylation sites is 1. The smallest absolute Gasteiger partial charge is 0.249 e. The van der Waals surface area contributed by atoms with Crippen molar-refractivity contribution in [2.24, 2.45) is 0 Å². The van der Waals surface area contributed by atoms with E-state index in [-0.39, 0.29) is 11.3 Å². The van der Waals surface area contributed by atoms with Gasteiger partial charge in [0.2, 0.25) is 5.91 Å². The number of fused-ring (bicyclic) bond motifs is 2. The number of amides is 1. The Morgan fingerprint density at radius 3 is 2.65 bits per heavy atom. The minimum Gasteiger partial charge on any atom is -0.492 e. The van der Waals surface area contributed by atoms with Crippen LogP contribution in [0.5, 0.6) is 5.75 Å². The van der Waals surface area contributed by atoms with Crippen LogP contribution in [0.2, 0.25) is 0 Å². The fourth-order valence-corrected chi connectivity index (χ4v) is 3.73. The van der Waals surface area contributed by atoms with Gasteiger partial charge < -0.3 is 9.64 Å². The average molecular weight is 305 g/mol. The van der Waals surface area contributed by atoms with Gasteiger partial charge in [0.05, 0.1) is 5.41 Å². The van der Waals surface area contributed by atoms with Crippen molar-refractivity contribution in [1.82, 2.24) is 4.90 Å². The molecule has 2 aliphatic rings. The number of nitrogens with zero attached hydrogens (tertiary/aromatic N) is 1. The summed E-state index contributed by atoms with van der Waals surface area (Å²) in [5.41, 5.74) is 2.85. The monoisotopic (exact) mass is 305 g/mol. The molecule has 2 aromatic rings. The highest BCUT2D eigenvalue weighted by atomic mass is 16.5. The van der Waals surface area contributed by atoms with Crippen molar-refractivity contribution in [3.05, 3.63) is 77.9 Å². The Kier molecular flexibility index (Phi) is 3.22. The van der Waals surface area contributed by atoms with Crippen molar-refractivity contribution >= 4 is 5.91 Å². The van der Waals surface area contributed by atoms with Crippen LogP contribution in [0, 0.1) is 0 Å². The van der Waals surface area contributed by atoms with Crippen LogP contribution in [0.15, 0.2) is 66.7 Å². The maximum atomic E-state index is 12.6. The second kappa shape index (κ2) is 5.27. The van der Waals surface area contributed by atoms with E-state index in [4.69, 9.17) is 4.74 Å². The first-order valence-electron chi connectivity index (χ1n) is 7.91. The van der Waals surface area contributed by atoms with E-state index < -0.39 is 0 Å². The summed E-state index contributed by atoms with van der Waals surface area (Å²) in [5.74, 6) is 0.998. The third-order valence-corrected chi connectivity index (χ3v) is 4.81. The van der Waals surface area contributed by atoms with E-state index >= 15 is 0 Å². The summed E-state index contributed by atoms with van der Waals surface area (Å²) in [6.07, 6.45) is 0.675. The van der Waals surface area contributed by atoms with Gasteiger partial charge in [0.15, 0.2) is 0 Å². The lowest BCUT2D eigenvalue weighted by Gasteiger charge is -2.40. The predicted octanol–water partition coefficient (Wildman–Crippen LogP) is 3.31. The van der Waals surface area contributed by atoms with Crippen LogP contribution in [0.3, 0.4) is 0 Å². The molecule has 3 nitrogen and oxygen atoms in total. The molecular formula is C20H19NO2. The molecule has 0 bridgehead atoms. The number of piperidine rings is 1. The largest absolute Gasteiger partial charge is 0.492 e. The van der Waals surface area contributed by atoms with E-state index in [2.05, 4.69) is 24.8 Å². The van der Waals surface area contributed by atoms with E-state index in [1.807, 2.05) is 41.3 Å². The van der Waals surface area contributed by atoms with Gasteiger partial charge in [-0.1, -0.05) is 55.1 Å². The van der Waals surface area contributed by atoms with Crippen molar-refractivity contribution in [2.45, 2.75) is 18.4 Å². The summed E-state index contributed by atoms with van der Waals surface area (Å²) in [6, 6.07) is 18.2. The SMILES string of the molecule is C=C1CC2(COc3ccccc32)CN(Cc2ccccc2)C1=O. The van der Waals surface area contributed by atoms with Gasteiger partial charge in [-0.25, -0.2) is 0 Å². The Morgan fingerprint density at radius 1 is 1.09 bits per heavy atom. The first-order chi connectivity index (χ1) is 11.2. The van der Waals surface area contributed by atoms with Gasteiger partial charge in [0.1, 0.15) is 12.4 Å². The average Bonchev–Trinajstić information content (AvgIpc) is 2.92. The van der Waals surface area contributed by atoms with Gasteiger partial charge >= 0.3 is 0 Å². The Morgan fingerprint density at radius 2 is 1.83 bits per heavy atom. The van der Waals surface area contributed by atoms with E-state index in [1.54, 1.807) is 0 Å². The first kappa shape index (κ1) is 14.1. The molecule has 0 saturated carbocycles. The number of carbonyl (C=O) groups excluding carboxylic acids is 1. The second-order valence-corrected chi connectivity index (χ2v) is 6.49. The van der Waals surface area contributed by atoms with Gasteiger partial charge in [0, 0.05) is 24.2 Å². The number of hydrogen-bond acceptors (Lipinski definition) is 2. The number of benzene rings is 2. The van der Waals surface area contributed by atoms with Crippen molar-refractivity contribution in [3.63, 3.8) is 0 Å². The zero-order chi connectivity index (χ0) is 15.9. The summed E-state index contributed by atoms with van der Waals surface area (Å²) < 4.78 is 5.89. The molecule has 1 atom stereocenters. The molecule has 0 aromatic heterocycles. The molecule has 116 valence electrons. The van der Waals surface area contributed by atoms with Crippen molar-refractivity contribution in [2.75, 3.05) is 13.2 Å². The fraction of sp³-hybridized carbons (Fsp3) is 0.250. The fourth-order valence-electron chi connectivity index (χ4n) is 3.73. The number of ether oxygens (including phenoxy) is 1. The minimum absolute atomic E-state index is 0.0591. The quantitative estimate of drug-likeness (QED) is 0.797. The normalized spacial score (nSPS) is 23.0. The van der Waals surface area contributed by atoms with Crippen molar-refractivity contribution in [3.8, 4) is 5.75 Å². The van der Waals surface area contributed by atoms with Crippen molar-refractivity contribution in [1.29, 1.82) is 0 Å². The molecule has 1 amide bonds. The summed E-state index contributed by atoms with van der Waals surface area (Å²) >= 11 is 0. The molecule has 2 aromatic carbocycles. The second-order valence-electron chi connectivity index (χ2n) is 6.49. The van der Waals surface area contributed by atoms with Crippen LogP contribution < -0.4 is 4.74 Å². The molecule has 0 aliphatic carbocycles. The van der Waals surface area contributed by atoms with Crippen LogP contribution in [0.1, 0.15) is 17.5 Å². The summed E-state index contributed by atoms with van der Waals surface area (Å²) in [6.45, 7) is 5.94. The third kappa shape index (κ3) is 2.33. The van der Waals surface area contributed by atoms with Gasteiger partial charge in [0.25, 0.3) is 0 Å². The molecule has 3 heteroatoms. The lowest BCUT2D eigenvalue weighted by atomic mass is 9.74. The van der Waals surface area contributed by atoms with Crippen LogP contribution in [0.25, 0.3) is 0 Å². The zero-order valence-electron chi connectivity index (χ0n) is 13.0. The topological polar surface area (TPSA) is 29.5 Å². The van der Waals surface area contributed by atoms with Crippen molar-refractivity contribution < 1.29 is 9.53 Å². The standard InChI is InChI=1S/C20H19NO2/c1-15-11-20(14-23-18-10-6-5-9-17(18)20)13-21(19(15)22)12-16-7-3-2-4-8-16/h2-10H,1,11-14H2. The van der Waals surface area contributed by atoms with E-state index in [0.717, 1.165) is 11.3 Å². The molecule has 1 unspecified atom stereocenters. The number of likely N-dealkylation sites (tertiary alicyclic amines) is 1. The van der Waals surface area contributed by atoms with Gasteiger partial charge in [-0.15, -0.1) is 0 Å². The molecule has 0 N–H and O–H groups in total. The molecule has 2 aliphatic heterocycles. The molecule has 1 fully saturated rings. The number of carbonyl (C=O) groups is 1. The lowest BCUT2D eigenvalue weighted by molar-refractivity contribution is -0.131. The Bertz CT molecular complexity index is 768. The molecule has 4 rings (SSSR count). The van der Waals surface area contributed by atoms with Crippen LogP contribution in [-0.4, -0.2) is 24.0 Å². The predicted molar refractivity (Wildman–Crippen MR) is 89.2 cm³/mol. The molecular weight excluding hydrogens is 286 g/mol. The highest BCUT2D eigenvalue weighted by Crippen LogP contribution is 2.45. The van der Waals surface area contributed by atoms with E-state index in [9.17, 15) is 4.79 Å². The highest BCUT2D eigenvalue weighted by molar-refractivity contribution is 5.94. The van der Waals surface area contributed by atoms with Gasteiger partial charge in [-0.05, 0) is 18.1 Å². The van der Waals surface area contributed by atoms with Crippen LogP contribution in [-0.2, 0) is 16.8 Å². The van der Waals surface area contributed by atoms with Gasteiger partial charge in [-0.2, -0.15) is 0 Å². The molecule has 1 saturated heterocycles. The number of hydrogen-bond donors (Lipinski definition) is 0. The van der Waals surface area contributed by atoms with Crippen LogP contribution in [0.4, 0.5) is 0 Å². The molecule has 23 heavy (non-hydrogen) atoms.